The van der Waals surface area contributed by atoms with E-state index < -0.39 is 0 Å². The molecule has 0 aliphatic carbocycles. The summed E-state index contributed by atoms with van der Waals surface area (Å²) in [6, 6.07) is 3.41. The van der Waals surface area contributed by atoms with Gasteiger partial charge in [-0.3, -0.25) is 4.79 Å². The first-order valence-corrected chi connectivity index (χ1v) is 10.3. The topological polar surface area (TPSA) is 94.1 Å². The number of hydrogen-bond donors (Lipinski definition) is 0. The van der Waals surface area contributed by atoms with E-state index in [-0.39, 0.29) is 24.7 Å². The fourth-order valence-corrected chi connectivity index (χ4v) is 3.76. The molecule has 4 aromatic heterocycles. The molecule has 11 heteroatoms. The van der Waals surface area contributed by atoms with Gasteiger partial charge in [-0.2, -0.15) is 15.3 Å². The number of ketones is 1. The summed E-state index contributed by atoms with van der Waals surface area (Å²) in [7, 11) is 3.94. The van der Waals surface area contributed by atoms with Gasteiger partial charge >= 0.3 is 0 Å². The molecule has 4 aromatic rings. The fourth-order valence-electron chi connectivity index (χ4n) is 3.33. The third-order valence-corrected chi connectivity index (χ3v) is 5.48. The Bertz CT molecular complexity index is 1240. The van der Waals surface area contributed by atoms with Crippen molar-refractivity contribution in [1.82, 2.24) is 39.5 Å². The first-order valence-electron chi connectivity index (χ1n) is 9.55. The van der Waals surface area contributed by atoms with Crippen molar-refractivity contribution in [3.8, 4) is 5.82 Å². The van der Waals surface area contributed by atoms with Gasteiger partial charge in [0.2, 0.25) is 0 Å². The van der Waals surface area contributed by atoms with Crippen LogP contribution in [0.3, 0.4) is 0 Å². The van der Waals surface area contributed by atoms with Crippen molar-refractivity contribution in [2.75, 3.05) is 14.1 Å². The van der Waals surface area contributed by atoms with Gasteiger partial charge < -0.3 is 4.90 Å². The highest BCUT2D eigenvalue weighted by atomic mass is 35.5. The first kappa shape index (κ1) is 21.4. The van der Waals surface area contributed by atoms with Gasteiger partial charge in [-0.1, -0.05) is 23.2 Å². The minimum Gasteiger partial charge on any atom is -0.301 e. The Morgan fingerprint density at radius 2 is 1.84 bits per heavy atom. The number of Topliss-reactive ketones (excluding diaryl/α,β-unsaturated/α-hetero) is 1. The summed E-state index contributed by atoms with van der Waals surface area (Å²) < 4.78 is 1.71. The third kappa shape index (κ3) is 4.43. The van der Waals surface area contributed by atoms with E-state index in [2.05, 4.69) is 25.3 Å². The molecule has 0 amide bonds. The molecule has 0 unspecified atom stereocenters. The van der Waals surface area contributed by atoms with E-state index in [1.54, 1.807) is 41.4 Å². The molecule has 31 heavy (non-hydrogen) atoms. The van der Waals surface area contributed by atoms with Crippen molar-refractivity contribution in [3.05, 3.63) is 63.9 Å². The van der Waals surface area contributed by atoms with Crippen LogP contribution in [-0.2, 0) is 17.6 Å². The molecule has 0 N–H and O–H groups in total. The van der Waals surface area contributed by atoms with Gasteiger partial charge in [-0.15, -0.1) is 4.80 Å². The van der Waals surface area contributed by atoms with Crippen LogP contribution in [-0.4, -0.2) is 59.4 Å². The summed E-state index contributed by atoms with van der Waals surface area (Å²) in [5.74, 6) is 0.421. The lowest BCUT2D eigenvalue weighted by molar-refractivity contribution is -0.117. The molecular formula is C20H20Cl2N8O. The van der Waals surface area contributed by atoms with Gasteiger partial charge in [0.05, 0.1) is 23.1 Å². The average molecular weight is 459 g/mol. The number of carbonyl (C=O) groups excluding carboxylic acids is 1. The highest BCUT2D eigenvalue weighted by Gasteiger charge is 2.21. The van der Waals surface area contributed by atoms with Gasteiger partial charge in [0.1, 0.15) is 5.78 Å². The van der Waals surface area contributed by atoms with Crippen LogP contribution in [0.2, 0.25) is 10.2 Å². The number of hydrogen-bond acceptors (Lipinski definition) is 7. The zero-order valence-electron chi connectivity index (χ0n) is 17.2. The predicted octanol–water partition coefficient (Wildman–Crippen LogP) is 2.99. The van der Waals surface area contributed by atoms with Crippen molar-refractivity contribution in [1.29, 1.82) is 0 Å². The number of pyridine rings is 1. The molecule has 0 aromatic carbocycles. The van der Waals surface area contributed by atoms with E-state index in [4.69, 9.17) is 23.2 Å². The quantitative estimate of drug-likeness (QED) is 0.419. The highest BCUT2D eigenvalue weighted by Crippen LogP contribution is 2.25. The highest BCUT2D eigenvalue weighted by molar-refractivity contribution is 6.32. The molecule has 0 saturated carbocycles. The van der Waals surface area contributed by atoms with E-state index in [1.807, 2.05) is 25.9 Å². The van der Waals surface area contributed by atoms with Crippen molar-refractivity contribution in [3.63, 3.8) is 0 Å². The molecule has 9 nitrogen and oxygen atoms in total. The van der Waals surface area contributed by atoms with Gasteiger partial charge in [0, 0.05) is 42.9 Å². The molecule has 160 valence electrons. The van der Waals surface area contributed by atoms with Crippen molar-refractivity contribution < 1.29 is 4.79 Å². The lowest BCUT2D eigenvalue weighted by atomic mass is 10.0. The minimum absolute atomic E-state index is 0.00114. The Morgan fingerprint density at radius 3 is 2.52 bits per heavy atom. The Morgan fingerprint density at radius 1 is 1.10 bits per heavy atom. The summed E-state index contributed by atoms with van der Waals surface area (Å²) >= 11 is 12.4. The van der Waals surface area contributed by atoms with Crippen LogP contribution in [0.5, 0.6) is 0 Å². The normalized spacial score (nSPS) is 12.6. The molecule has 0 bridgehead atoms. The Labute approximate surface area is 188 Å². The lowest BCUT2D eigenvalue weighted by Crippen LogP contribution is -2.23. The number of halogens is 2. The molecule has 0 radical (unpaired) electrons. The summed E-state index contributed by atoms with van der Waals surface area (Å²) in [6.07, 6.45) is 6.80. The number of carbonyl (C=O) groups is 1. The maximum atomic E-state index is 12.9. The smallest absolute Gasteiger partial charge is 0.193 e. The zero-order chi connectivity index (χ0) is 22.1. The van der Waals surface area contributed by atoms with E-state index in [9.17, 15) is 4.79 Å². The number of aromatic nitrogens is 7. The Balaban J connectivity index is 1.59. The van der Waals surface area contributed by atoms with E-state index in [1.165, 1.54) is 4.80 Å². The SMILES string of the molecule is C[C@@H](c1c(CC(=O)Cc2cnc(-n3nccn3)c(Cl)c2)cnc2cc(Cl)nn12)N(C)C. The summed E-state index contributed by atoms with van der Waals surface area (Å²) in [5.41, 5.74) is 3.04. The number of fused-ring (bicyclic) bond motifs is 1. The summed E-state index contributed by atoms with van der Waals surface area (Å²) in [4.78, 5) is 25.0. The first-order chi connectivity index (χ1) is 14.8. The van der Waals surface area contributed by atoms with Gasteiger partial charge in [0.25, 0.3) is 0 Å². The second-order valence-corrected chi connectivity index (χ2v) is 8.20. The van der Waals surface area contributed by atoms with E-state index >= 15 is 0 Å². The number of rotatable bonds is 7. The summed E-state index contributed by atoms with van der Waals surface area (Å²) in [6.45, 7) is 2.05. The predicted molar refractivity (Wildman–Crippen MR) is 117 cm³/mol. The lowest BCUT2D eigenvalue weighted by Gasteiger charge is -2.23. The van der Waals surface area contributed by atoms with Crippen LogP contribution in [0.25, 0.3) is 11.5 Å². The molecule has 0 saturated heterocycles. The molecule has 4 rings (SSSR count). The fraction of sp³-hybridized carbons (Fsp3) is 0.300. The van der Waals surface area contributed by atoms with Gasteiger partial charge in [-0.25, -0.2) is 14.5 Å². The molecule has 0 aliphatic rings. The van der Waals surface area contributed by atoms with Crippen LogP contribution in [0.1, 0.15) is 29.8 Å². The van der Waals surface area contributed by atoms with Crippen LogP contribution < -0.4 is 0 Å². The molecule has 4 heterocycles. The van der Waals surface area contributed by atoms with Gasteiger partial charge in [0.15, 0.2) is 16.6 Å². The Hall–Kier alpha value is -2.88. The van der Waals surface area contributed by atoms with Crippen molar-refractivity contribution >= 4 is 34.6 Å². The van der Waals surface area contributed by atoms with E-state index in [0.717, 1.165) is 11.3 Å². The molecule has 0 aliphatic heterocycles. The zero-order valence-corrected chi connectivity index (χ0v) is 18.7. The molecule has 1 atom stereocenters. The van der Waals surface area contributed by atoms with Crippen LogP contribution >= 0.6 is 23.2 Å². The number of nitrogens with zero attached hydrogens (tertiary/aromatic N) is 8. The average Bonchev–Trinajstić information content (AvgIpc) is 3.36. The monoisotopic (exact) mass is 458 g/mol. The Kier molecular flexibility index (Phi) is 5.99. The molecular weight excluding hydrogens is 439 g/mol. The summed E-state index contributed by atoms with van der Waals surface area (Å²) in [5, 5.41) is 13.1. The molecule has 0 fully saturated rings. The van der Waals surface area contributed by atoms with Crippen LogP contribution in [0, 0.1) is 0 Å². The minimum atomic E-state index is 0.00114. The van der Waals surface area contributed by atoms with E-state index in [0.29, 0.717) is 27.2 Å². The van der Waals surface area contributed by atoms with Crippen molar-refractivity contribution in [2.24, 2.45) is 0 Å². The second-order valence-electron chi connectivity index (χ2n) is 7.41. The third-order valence-electron chi connectivity index (χ3n) is 5.02. The van der Waals surface area contributed by atoms with Gasteiger partial charge in [-0.05, 0) is 32.6 Å². The van der Waals surface area contributed by atoms with Crippen molar-refractivity contribution in [2.45, 2.75) is 25.8 Å². The maximum Gasteiger partial charge on any atom is 0.193 e. The van der Waals surface area contributed by atoms with Crippen LogP contribution in [0.4, 0.5) is 0 Å². The maximum absolute atomic E-state index is 12.9. The standard InChI is InChI=1S/C20H20Cl2N8O/c1-12(28(2)3)19-14(11-23-18-9-17(22)27-29(18)19)8-15(31)6-13-7-16(21)20(24-10-13)30-25-4-5-26-30/h4-5,7,9-12H,6,8H2,1-3H3/t12-/m0/s1. The van der Waals surface area contributed by atoms with Crippen LogP contribution in [0.15, 0.2) is 36.9 Å². The largest absolute Gasteiger partial charge is 0.301 e. The molecule has 0 spiro atoms. The second kappa shape index (κ2) is 8.70.